The molecule has 3 fully saturated rings. The largest absolute Gasteiger partial charge is 0.493 e. The highest BCUT2D eigenvalue weighted by Gasteiger charge is 2.51. The van der Waals surface area contributed by atoms with Gasteiger partial charge in [-0.3, -0.25) is 4.79 Å². The van der Waals surface area contributed by atoms with E-state index in [9.17, 15) is 13.6 Å². The predicted octanol–water partition coefficient (Wildman–Crippen LogP) is 4.08. The molecule has 0 spiro atoms. The quantitative estimate of drug-likeness (QED) is 0.652. The molecule has 0 N–H and O–H groups in total. The number of likely N-dealkylation sites (tertiary alicyclic amines) is 1. The van der Waals surface area contributed by atoms with Gasteiger partial charge in [0.15, 0.2) is 11.5 Å². The molecule has 176 valence electrons. The number of amides is 1. The Kier molecular flexibility index (Phi) is 5.97. The van der Waals surface area contributed by atoms with Gasteiger partial charge in [-0.2, -0.15) is 0 Å². The summed E-state index contributed by atoms with van der Waals surface area (Å²) in [6.45, 7) is 1.31. The molecule has 2 heterocycles. The van der Waals surface area contributed by atoms with Crippen molar-refractivity contribution >= 4 is 5.91 Å². The van der Waals surface area contributed by atoms with E-state index in [4.69, 9.17) is 18.9 Å². The monoisotopic (exact) mass is 459 g/mol. The van der Waals surface area contributed by atoms with Crippen molar-refractivity contribution in [2.75, 3.05) is 33.6 Å². The molecule has 5 rings (SSSR count). The van der Waals surface area contributed by atoms with E-state index in [0.29, 0.717) is 56.0 Å². The highest BCUT2D eigenvalue weighted by Crippen LogP contribution is 2.43. The number of methoxy groups -OCH3 is 1. The Morgan fingerprint density at radius 3 is 2.82 bits per heavy atom. The van der Waals surface area contributed by atoms with Gasteiger partial charge in [0.1, 0.15) is 30.5 Å². The van der Waals surface area contributed by atoms with E-state index in [2.05, 4.69) is 0 Å². The van der Waals surface area contributed by atoms with Crippen LogP contribution < -0.4 is 9.47 Å². The molecule has 0 radical (unpaired) electrons. The van der Waals surface area contributed by atoms with E-state index in [1.165, 1.54) is 19.2 Å². The Hall–Kier alpha value is -2.71. The third-order valence-corrected chi connectivity index (χ3v) is 6.91. The summed E-state index contributed by atoms with van der Waals surface area (Å²) in [5.74, 6) is 0.732. The lowest BCUT2D eigenvalue weighted by Gasteiger charge is -2.42. The number of hydrogen-bond acceptors (Lipinski definition) is 5. The van der Waals surface area contributed by atoms with Gasteiger partial charge in [-0.05, 0) is 54.7 Å². The minimum absolute atomic E-state index is 0.104. The molecular weight excluding hydrogens is 432 g/mol. The van der Waals surface area contributed by atoms with Crippen molar-refractivity contribution in [3.8, 4) is 11.5 Å². The summed E-state index contributed by atoms with van der Waals surface area (Å²) in [7, 11) is 1.52. The van der Waals surface area contributed by atoms with Gasteiger partial charge in [-0.15, -0.1) is 0 Å². The molecule has 1 aliphatic carbocycles. The van der Waals surface area contributed by atoms with Crippen LogP contribution in [0.4, 0.5) is 8.78 Å². The molecule has 3 aliphatic rings. The van der Waals surface area contributed by atoms with Gasteiger partial charge in [0.2, 0.25) is 0 Å². The second kappa shape index (κ2) is 8.91. The van der Waals surface area contributed by atoms with Crippen LogP contribution in [0.1, 0.15) is 35.2 Å². The summed E-state index contributed by atoms with van der Waals surface area (Å²) in [6, 6.07) is 11.5. The Balaban J connectivity index is 1.28. The van der Waals surface area contributed by atoms with Crippen molar-refractivity contribution in [1.29, 1.82) is 0 Å². The first-order chi connectivity index (χ1) is 16.0. The standard InChI is InChI=1S/C25H27F2NO5/c1-30-22-11-17(5-6-21(22)31-14-16-9-20(27)10-16)24(29)28-8-7-25(23(13-28)32-15-33-25)18-3-2-4-19(26)12-18/h2-6,11-12,16,20,23H,7-10,13-15H2,1H3/t16?,20?,23?,25-/m1/s1. The second-order valence-corrected chi connectivity index (χ2v) is 8.93. The molecule has 1 unspecified atom stereocenters. The van der Waals surface area contributed by atoms with Gasteiger partial charge in [-0.25, -0.2) is 8.78 Å². The first-order valence-corrected chi connectivity index (χ1v) is 11.2. The fourth-order valence-corrected chi connectivity index (χ4v) is 4.92. The van der Waals surface area contributed by atoms with Crippen LogP contribution >= 0.6 is 0 Å². The number of fused-ring (bicyclic) bond motifs is 1. The number of benzene rings is 2. The Morgan fingerprint density at radius 2 is 2.06 bits per heavy atom. The Morgan fingerprint density at radius 1 is 1.21 bits per heavy atom. The van der Waals surface area contributed by atoms with Crippen LogP contribution in [-0.2, 0) is 15.1 Å². The van der Waals surface area contributed by atoms with Crippen LogP contribution in [0.3, 0.4) is 0 Å². The molecule has 8 heteroatoms. The smallest absolute Gasteiger partial charge is 0.254 e. The summed E-state index contributed by atoms with van der Waals surface area (Å²) in [5, 5.41) is 0. The zero-order valence-corrected chi connectivity index (χ0v) is 18.5. The van der Waals surface area contributed by atoms with Crippen molar-refractivity contribution in [1.82, 2.24) is 4.90 Å². The van der Waals surface area contributed by atoms with Crippen LogP contribution in [0.25, 0.3) is 0 Å². The van der Waals surface area contributed by atoms with Crippen molar-refractivity contribution in [2.45, 2.75) is 37.1 Å². The maximum absolute atomic E-state index is 13.8. The molecule has 33 heavy (non-hydrogen) atoms. The fourth-order valence-electron chi connectivity index (χ4n) is 4.92. The first-order valence-electron chi connectivity index (χ1n) is 11.2. The number of ether oxygens (including phenoxy) is 4. The van der Waals surface area contributed by atoms with Crippen LogP contribution in [0.15, 0.2) is 42.5 Å². The van der Waals surface area contributed by atoms with Crippen LogP contribution in [0.5, 0.6) is 11.5 Å². The van der Waals surface area contributed by atoms with Gasteiger partial charge in [0.25, 0.3) is 5.91 Å². The van der Waals surface area contributed by atoms with Gasteiger partial charge in [0.05, 0.1) is 20.3 Å². The zero-order valence-electron chi connectivity index (χ0n) is 18.5. The first kappa shape index (κ1) is 22.1. The van der Waals surface area contributed by atoms with Crippen molar-refractivity contribution in [3.05, 3.63) is 59.4 Å². The van der Waals surface area contributed by atoms with Gasteiger partial charge in [-0.1, -0.05) is 12.1 Å². The average molecular weight is 459 g/mol. The van der Waals surface area contributed by atoms with Crippen LogP contribution in [0.2, 0.25) is 0 Å². The average Bonchev–Trinajstić information content (AvgIpc) is 3.25. The number of hydrogen-bond donors (Lipinski definition) is 0. The van der Waals surface area contributed by atoms with Gasteiger partial charge >= 0.3 is 0 Å². The number of alkyl halides is 1. The molecule has 0 aromatic heterocycles. The molecule has 0 bridgehead atoms. The van der Waals surface area contributed by atoms with E-state index in [-0.39, 0.29) is 30.5 Å². The van der Waals surface area contributed by atoms with E-state index in [0.717, 1.165) is 5.56 Å². The van der Waals surface area contributed by atoms with E-state index < -0.39 is 11.8 Å². The van der Waals surface area contributed by atoms with Crippen molar-refractivity contribution in [3.63, 3.8) is 0 Å². The van der Waals surface area contributed by atoms with E-state index in [1.54, 1.807) is 29.2 Å². The van der Waals surface area contributed by atoms with Crippen molar-refractivity contribution in [2.24, 2.45) is 5.92 Å². The normalized spacial score (nSPS) is 28.7. The summed E-state index contributed by atoms with van der Waals surface area (Å²) >= 11 is 0. The van der Waals surface area contributed by atoms with Crippen LogP contribution in [-0.4, -0.2) is 56.7 Å². The second-order valence-electron chi connectivity index (χ2n) is 8.93. The summed E-state index contributed by atoms with van der Waals surface area (Å²) in [6.07, 6.45) is 0.445. The SMILES string of the molecule is COc1cc(C(=O)N2CC[C@]3(c4cccc(F)c4)OCOC3C2)ccc1OCC1CC(F)C1. The van der Waals surface area contributed by atoms with Crippen molar-refractivity contribution < 1.29 is 32.5 Å². The summed E-state index contributed by atoms with van der Waals surface area (Å²) in [5.41, 5.74) is 0.448. The Labute approximate surface area is 191 Å². The fraction of sp³-hybridized carbons (Fsp3) is 0.480. The molecule has 6 nitrogen and oxygen atoms in total. The lowest BCUT2D eigenvalue weighted by atomic mass is 9.82. The predicted molar refractivity (Wildman–Crippen MR) is 116 cm³/mol. The maximum Gasteiger partial charge on any atom is 0.254 e. The number of halogens is 2. The number of carbonyl (C=O) groups excluding carboxylic acids is 1. The minimum atomic E-state index is -0.756. The minimum Gasteiger partial charge on any atom is -0.493 e. The van der Waals surface area contributed by atoms with Gasteiger partial charge < -0.3 is 23.8 Å². The molecule has 1 saturated carbocycles. The van der Waals surface area contributed by atoms with Crippen LogP contribution in [0, 0.1) is 11.7 Å². The lowest BCUT2D eigenvalue weighted by molar-refractivity contribution is -0.0441. The molecule has 1 amide bonds. The summed E-state index contributed by atoms with van der Waals surface area (Å²) < 4.78 is 49.9. The highest BCUT2D eigenvalue weighted by molar-refractivity contribution is 5.95. The number of carbonyl (C=O) groups is 1. The molecule has 2 aromatic rings. The molecular formula is C25H27F2NO5. The van der Waals surface area contributed by atoms with E-state index in [1.807, 2.05) is 6.07 Å². The summed E-state index contributed by atoms with van der Waals surface area (Å²) in [4.78, 5) is 15.0. The molecule has 2 aliphatic heterocycles. The molecule has 2 atom stereocenters. The third kappa shape index (κ3) is 4.17. The lowest BCUT2D eigenvalue weighted by Crippen LogP contribution is -2.53. The zero-order chi connectivity index (χ0) is 23.0. The number of rotatable bonds is 6. The third-order valence-electron chi connectivity index (χ3n) is 6.91. The Bertz CT molecular complexity index is 1030. The molecule has 2 aromatic carbocycles. The van der Waals surface area contributed by atoms with Gasteiger partial charge in [0, 0.05) is 18.5 Å². The highest BCUT2D eigenvalue weighted by atomic mass is 19.1. The van der Waals surface area contributed by atoms with E-state index >= 15 is 0 Å². The molecule has 2 saturated heterocycles. The topological polar surface area (TPSA) is 57.2 Å². The maximum atomic E-state index is 13.8. The number of nitrogens with zero attached hydrogens (tertiary/aromatic N) is 1. The number of piperidine rings is 1.